The van der Waals surface area contributed by atoms with Crippen molar-refractivity contribution in [2.24, 2.45) is 5.73 Å². The number of carboxylic acids is 1. The molecule has 0 saturated carbocycles. The monoisotopic (exact) mass is 625 g/mol. The highest BCUT2D eigenvalue weighted by molar-refractivity contribution is 5.97. The molecular weight excluding hydrogens is 590 g/mol. The second kappa shape index (κ2) is 15.6. The van der Waals surface area contributed by atoms with Crippen LogP contribution in [0, 0.1) is 0 Å². The highest BCUT2D eigenvalue weighted by Gasteiger charge is 2.31. The number of benzene rings is 1. The van der Waals surface area contributed by atoms with E-state index >= 15 is 0 Å². The minimum absolute atomic E-state index is 0.0687. The smallest absolute Gasteiger partial charge is 0.305 e. The third-order valence-corrected chi connectivity index (χ3v) is 6.64. The van der Waals surface area contributed by atoms with Gasteiger partial charge in [0.1, 0.15) is 24.2 Å². The van der Waals surface area contributed by atoms with Gasteiger partial charge in [-0.25, -0.2) is 4.98 Å². The van der Waals surface area contributed by atoms with Gasteiger partial charge in [-0.05, 0) is 18.6 Å². The van der Waals surface area contributed by atoms with Crippen LogP contribution < -0.4 is 32.3 Å². The molecule has 0 saturated heterocycles. The lowest BCUT2D eigenvalue weighted by Crippen LogP contribution is -2.58. The Hall–Kier alpha value is -5.74. The van der Waals surface area contributed by atoms with Crippen molar-refractivity contribution in [3.63, 3.8) is 0 Å². The number of carbonyl (C=O) groups is 7. The summed E-state index contributed by atoms with van der Waals surface area (Å²) in [5.41, 5.74) is 7.58. The van der Waals surface area contributed by atoms with Crippen molar-refractivity contribution in [1.82, 2.24) is 41.5 Å². The summed E-state index contributed by atoms with van der Waals surface area (Å²) in [5.74, 6) is -6.10. The van der Waals surface area contributed by atoms with Crippen LogP contribution in [0.5, 0.6) is 0 Å². The van der Waals surface area contributed by atoms with E-state index in [1.54, 1.807) is 6.20 Å². The summed E-state index contributed by atoms with van der Waals surface area (Å²) in [4.78, 5) is 96.0. The first-order valence-electron chi connectivity index (χ1n) is 13.8. The summed E-state index contributed by atoms with van der Waals surface area (Å²) in [6, 6.07) is 2.12. The lowest BCUT2D eigenvalue weighted by molar-refractivity contribution is -0.141. The Kier molecular flexibility index (Phi) is 11.7. The van der Waals surface area contributed by atoms with Gasteiger partial charge in [0, 0.05) is 43.1 Å². The van der Waals surface area contributed by atoms with Gasteiger partial charge in [-0.15, -0.1) is 0 Å². The van der Waals surface area contributed by atoms with E-state index < -0.39 is 78.5 Å². The van der Waals surface area contributed by atoms with Crippen molar-refractivity contribution in [2.75, 3.05) is 6.54 Å². The molecule has 0 radical (unpaired) electrons. The molecule has 3 aromatic rings. The molecule has 240 valence electrons. The van der Waals surface area contributed by atoms with Gasteiger partial charge in [0.2, 0.25) is 35.4 Å². The maximum absolute atomic E-state index is 13.4. The number of carboxylic acid groups (broad SMARTS) is 1. The summed E-state index contributed by atoms with van der Waals surface area (Å²) in [7, 11) is 0. The number of nitrogens with two attached hydrogens (primary N) is 1. The minimum atomic E-state index is -1.57. The van der Waals surface area contributed by atoms with E-state index in [9.17, 15) is 38.7 Å². The van der Waals surface area contributed by atoms with Crippen molar-refractivity contribution in [3.05, 3.63) is 54.2 Å². The molecule has 6 amide bonds. The highest BCUT2D eigenvalue weighted by atomic mass is 16.4. The molecule has 45 heavy (non-hydrogen) atoms. The Morgan fingerprint density at radius 2 is 1.58 bits per heavy atom. The molecule has 10 N–H and O–H groups in total. The molecule has 0 fully saturated rings. The fourth-order valence-corrected chi connectivity index (χ4v) is 4.35. The number of rotatable bonds is 16. The van der Waals surface area contributed by atoms with Gasteiger partial charge < -0.3 is 47.4 Å². The average molecular weight is 626 g/mol. The van der Waals surface area contributed by atoms with Crippen LogP contribution in [0.2, 0.25) is 0 Å². The van der Waals surface area contributed by atoms with Crippen LogP contribution in [0.3, 0.4) is 0 Å². The molecule has 3 rings (SSSR count). The number of fused-ring (bicyclic) bond motifs is 1. The zero-order chi connectivity index (χ0) is 33.1. The number of primary amides is 1. The molecular formula is C28H35N9O8. The Morgan fingerprint density at radius 3 is 2.22 bits per heavy atom. The predicted molar refractivity (Wildman–Crippen MR) is 158 cm³/mol. The van der Waals surface area contributed by atoms with Crippen molar-refractivity contribution in [1.29, 1.82) is 0 Å². The number of hydrogen-bond acceptors (Lipinski definition) is 8. The summed E-state index contributed by atoms with van der Waals surface area (Å²) in [6.07, 6.45) is 3.76. The standard InChI is InChI=1S/C28H35N9O8/c1-14(34-27(44)22(9-24(40)41)35-23(39)12-31-15(2)38)26(43)37-21(8-17-11-30-13-33-17)28(45)36-20(25(29)42)7-16-10-32-19-6-4-3-5-18(16)19/h3-6,10-11,13-14,20-22,32H,7-9,12H2,1-2H3,(H2,29,42)(H,30,33)(H,31,38)(H,34,44)(H,35,39)(H,36,45)(H,37,43)(H,40,41)/t14-,20-,21-,22-/m0/s1. The topological polar surface area (TPSA) is 270 Å². The second-order valence-electron chi connectivity index (χ2n) is 10.2. The number of amides is 6. The van der Waals surface area contributed by atoms with E-state index in [2.05, 4.69) is 41.5 Å². The normalized spacial score (nSPS) is 13.5. The zero-order valence-corrected chi connectivity index (χ0v) is 24.5. The first-order chi connectivity index (χ1) is 21.3. The first-order valence-corrected chi connectivity index (χ1v) is 13.8. The van der Waals surface area contributed by atoms with E-state index in [1.807, 2.05) is 24.3 Å². The van der Waals surface area contributed by atoms with Crippen LogP contribution in [0.4, 0.5) is 0 Å². The van der Waals surface area contributed by atoms with Crippen LogP contribution in [-0.2, 0) is 46.4 Å². The van der Waals surface area contributed by atoms with E-state index in [-0.39, 0.29) is 12.8 Å². The van der Waals surface area contributed by atoms with Crippen LogP contribution in [0.15, 0.2) is 43.0 Å². The molecule has 0 spiro atoms. The number of nitrogens with one attached hydrogen (secondary N) is 7. The molecule has 2 aromatic heterocycles. The number of carbonyl (C=O) groups excluding carboxylic acids is 6. The van der Waals surface area contributed by atoms with Gasteiger partial charge in [0.15, 0.2) is 0 Å². The maximum atomic E-state index is 13.4. The van der Waals surface area contributed by atoms with Crippen molar-refractivity contribution in [2.45, 2.75) is 57.3 Å². The lowest BCUT2D eigenvalue weighted by Gasteiger charge is -2.24. The maximum Gasteiger partial charge on any atom is 0.305 e. The van der Waals surface area contributed by atoms with Crippen LogP contribution in [0.25, 0.3) is 10.9 Å². The first kappa shape index (κ1) is 33.8. The van der Waals surface area contributed by atoms with Crippen molar-refractivity contribution < 1.29 is 38.7 Å². The summed E-state index contributed by atoms with van der Waals surface area (Å²) in [5, 5.41) is 21.9. The van der Waals surface area contributed by atoms with Gasteiger partial charge in [-0.2, -0.15) is 0 Å². The third kappa shape index (κ3) is 10.2. The predicted octanol–water partition coefficient (Wildman–Crippen LogP) is -2.27. The largest absolute Gasteiger partial charge is 0.481 e. The number of para-hydroxylation sites is 1. The summed E-state index contributed by atoms with van der Waals surface area (Å²) >= 11 is 0. The number of imidazole rings is 1. The van der Waals surface area contributed by atoms with Crippen LogP contribution >= 0.6 is 0 Å². The second-order valence-corrected chi connectivity index (χ2v) is 10.2. The highest BCUT2D eigenvalue weighted by Crippen LogP contribution is 2.19. The SMILES string of the molecule is CC(=O)NCC(=O)N[C@@H](CC(=O)O)C(=O)N[C@@H](C)C(=O)N[C@@H](Cc1c[nH]cn1)C(=O)N[C@@H](Cc1c[nH]c2ccccc12)C(N)=O. The van der Waals surface area contributed by atoms with Gasteiger partial charge in [0.05, 0.1) is 25.0 Å². The molecule has 1 aromatic carbocycles. The van der Waals surface area contributed by atoms with E-state index in [4.69, 9.17) is 5.73 Å². The van der Waals surface area contributed by atoms with Crippen molar-refractivity contribution >= 4 is 52.3 Å². The van der Waals surface area contributed by atoms with Gasteiger partial charge in [-0.1, -0.05) is 18.2 Å². The summed E-state index contributed by atoms with van der Waals surface area (Å²) in [6.45, 7) is 1.97. The summed E-state index contributed by atoms with van der Waals surface area (Å²) < 4.78 is 0. The fraction of sp³-hybridized carbons (Fsp3) is 0.357. The number of aromatic amines is 2. The number of aliphatic carboxylic acids is 1. The Balaban J connectivity index is 1.70. The number of hydrogen-bond donors (Lipinski definition) is 9. The number of nitrogens with zero attached hydrogens (tertiary/aromatic N) is 1. The molecule has 0 bridgehead atoms. The molecule has 0 unspecified atom stereocenters. The van der Waals surface area contributed by atoms with Crippen LogP contribution in [0.1, 0.15) is 31.5 Å². The van der Waals surface area contributed by atoms with E-state index in [0.717, 1.165) is 16.5 Å². The Labute approximate surface area is 256 Å². The molecule has 0 aliphatic heterocycles. The number of H-pyrrole nitrogens is 2. The third-order valence-electron chi connectivity index (χ3n) is 6.64. The molecule has 0 aliphatic carbocycles. The molecule has 4 atom stereocenters. The molecule has 0 aliphatic rings. The quantitative estimate of drug-likeness (QED) is 0.0829. The van der Waals surface area contributed by atoms with Gasteiger partial charge in [0.25, 0.3) is 0 Å². The fourth-order valence-electron chi connectivity index (χ4n) is 4.35. The van der Waals surface area contributed by atoms with Gasteiger partial charge >= 0.3 is 5.97 Å². The lowest BCUT2D eigenvalue weighted by atomic mass is 10.0. The van der Waals surface area contributed by atoms with Crippen molar-refractivity contribution in [3.8, 4) is 0 Å². The van der Waals surface area contributed by atoms with E-state index in [1.165, 1.54) is 26.4 Å². The van der Waals surface area contributed by atoms with Crippen LogP contribution in [-0.4, -0.2) is 92.2 Å². The molecule has 17 nitrogen and oxygen atoms in total. The van der Waals surface area contributed by atoms with E-state index in [0.29, 0.717) is 5.69 Å². The number of aromatic nitrogens is 3. The molecule has 17 heteroatoms. The Morgan fingerprint density at radius 1 is 0.889 bits per heavy atom. The minimum Gasteiger partial charge on any atom is -0.481 e. The molecule has 2 heterocycles. The van der Waals surface area contributed by atoms with Gasteiger partial charge in [-0.3, -0.25) is 33.6 Å². The zero-order valence-electron chi connectivity index (χ0n) is 24.5. The average Bonchev–Trinajstić information content (AvgIpc) is 3.64. The Bertz CT molecular complexity index is 1550.